The lowest BCUT2D eigenvalue weighted by Crippen LogP contribution is -2.66. The molecule has 17 unspecified atom stereocenters. The quantitative estimate of drug-likeness (QED) is 0.0199. The molecule has 0 spiro atoms. The lowest BCUT2D eigenvalue weighted by Gasteiger charge is -2.48. The Morgan fingerprint density at radius 1 is 0.398 bits per heavy atom. The van der Waals surface area contributed by atoms with Crippen molar-refractivity contribution in [3.8, 4) is 0 Å². The second-order valence-electron chi connectivity index (χ2n) is 25.7. The van der Waals surface area contributed by atoms with Crippen LogP contribution in [0.4, 0.5) is 0 Å². The number of aliphatic hydroxyl groups excluding tert-OH is 11. The third-order valence-electron chi connectivity index (χ3n) is 18.0. The zero-order chi connectivity index (χ0) is 64.0. The van der Waals surface area contributed by atoms with Crippen LogP contribution in [0, 0.1) is 0 Å². The van der Waals surface area contributed by atoms with Crippen molar-refractivity contribution in [2.24, 2.45) is 0 Å². The van der Waals surface area contributed by atoms with Crippen molar-refractivity contribution in [2.75, 3.05) is 26.4 Å². The van der Waals surface area contributed by atoms with Crippen molar-refractivity contribution in [1.29, 1.82) is 0 Å². The van der Waals surface area contributed by atoms with E-state index in [1.807, 2.05) is 6.08 Å². The summed E-state index contributed by atoms with van der Waals surface area (Å²) in [6.45, 7) is 1.74. The van der Waals surface area contributed by atoms with Gasteiger partial charge in [-0.1, -0.05) is 250 Å². The largest absolute Gasteiger partial charge is 0.394 e. The van der Waals surface area contributed by atoms with E-state index in [1.165, 1.54) is 186 Å². The van der Waals surface area contributed by atoms with Crippen molar-refractivity contribution in [3.63, 3.8) is 0 Å². The van der Waals surface area contributed by atoms with Crippen molar-refractivity contribution >= 4 is 5.91 Å². The van der Waals surface area contributed by atoms with Crippen molar-refractivity contribution in [2.45, 2.75) is 381 Å². The van der Waals surface area contributed by atoms with E-state index >= 15 is 0 Å². The van der Waals surface area contributed by atoms with Gasteiger partial charge in [0.15, 0.2) is 18.9 Å². The summed E-state index contributed by atoms with van der Waals surface area (Å²) in [6.07, 6.45) is 31.7. The first kappa shape index (κ1) is 80.5. The molecule has 3 fully saturated rings. The predicted octanol–water partition coefficient (Wildman–Crippen LogP) is 9.44. The molecule has 518 valence electrons. The van der Waals surface area contributed by atoms with Crippen LogP contribution in [-0.2, 0) is 33.2 Å². The van der Waals surface area contributed by atoms with E-state index in [-0.39, 0.29) is 18.9 Å². The molecule has 0 saturated carbocycles. The third-order valence-corrected chi connectivity index (χ3v) is 18.0. The molecule has 3 saturated heterocycles. The van der Waals surface area contributed by atoms with Gasteiger partial charge >= 0.3 is 0 Å². The van der Waals surface area contributed by atoms with Gasteiger partial charge in [-0.25, -0.2) is 0 Å². The third kappa shape index (κ3) is 33.4. The number of rotatable bonds is 55. The smallest absolute Gasteiger partial charge is 0.220 e. The SMILES string of the molecule is CCCCCCC/C=C\CCCCCCCC(=O)NC(COC1OC(CO)C(OC2OC(CO)C(OC3OC(CO)C(O)C(O)C3O)C(O)C2O)C(O)C1O)C(O)/C=C/CCCCCCCCCCCCCCCCCCCCCCCCCCCCC. The van der Waals surface area contributed by atoms with Gasteiger partial charge in [0.1, 0.15) is 73.2 Å². The molecule has 17 atom stereocenters. The van der Waals surface area contributed by atoms with Gasteiger partial charge in [0.2, 0.25) is 5.91 Å². The maximum Gasteiger partial charge on any atom is 0.220 e. The zero-order valence-electron chi connectivity index (χ0n) is 54.7. The summed E-state index contributed by atoms with van der Waals surface area (Å²) >= 11 is 0. The highest BCUT2D eigenvalue weighted by Crippen LogP contribution is 2.33. The van der Waals surface area contributed by atoms with Crippen LogP contribution in [0.5, 0.6) is 0 Å². The molecule has 88 heavy (non-hydrogen) atoms. The Hall–Kier alpha value is -1.73. The second-order valence-corrected chi connectivity index (χ2v) is 25.7. The van der Waals surface area contributed by atoms with Crippen LogP contribution in [0.1, 0.15) is 277 Å². The molecule has 1 amide bonds. The lowest BCUT2D eigenvalue weighted by atomic mass is 9.96. The topological polar surface area (TPSA) is 307 Å². The van der Waals surface area contributed by atoms with Crippen LogP contribution >= 0.6 is 0 Å². The Kier molecular flexibility index (Phi) is 47.3. The van der Waals surface area contributed by atoms with Gasteiger partial charge in [0, 0.05) is 6.42 Å². The van der Waals surface area contributed by atoms with E-state index in [0.29, 0.717) is 6.42 Å². The van der Waals surface area contributed by atoms with Crippen LogP contribution in [0.25, 0.3) is 0 Å². The molecule has 3 rings (SSSR count). The number of carbonyl (C=O) groups is 1. The van der Waals surface area contributed by atoms with Gasteiger partial charge in [0.05, 0.1) is 38.6 Å². The fourth-order valence-electron chi connectivity index (χ4n) is 12.2. The minimum Gasteiger partial charge on any atom is -0.394 e. The molecule has 0 aromatic carbocycles. The fourth-order valence-corrected chi connectivity index (χ4v) is 12.2. The highest BCUT2D eigenvalue weighted by molar-refractivity contribution is 5.76. The van der Waals surface area contributed by atoms with Crippen LogP contribution in [0.3, 0.4) is 0 Å². The Morgan fingerprint density at radius 2 is 0.716 bits per heavy atom. The Balaban J connectivity index is 1.40. The van der Waals surface area contributed by atoms with Crippen LogP contribution in [0.2, 0.25) is 0 Å². The number of hydrogen-bond acceptors (Lipinski definition) is 18. The van der Waals surface area contributed by atoms with Crippen LogP contribution in [-0.4, -0.2) is 193 Å². The van der Waals surface area contributed by atoms with Gasteiger partial charge in [-0.2, -0.15) is 0 Å². The molecular formula is C69H129NO18. The number of aliphatic hydroxyl groups is 11. The number of allylic oxidation sites excluding steroid dienone is 3. The van der Waals surface area contributed by atoms with E-state index in [2.05, 4.69) is 31.3 Å². The normalized spacial score (nSPS) is 28.5. The number of nitrogens with one attached hydrogen (secondary N) is 1. The van der Waals surface area contributed by atoms with Gasteiger partial charge in [-0.15, -0.1) is 0 Å². The first-order valence-corrected chi connectivity index (χ1v) is 35.6. The number of carbonyl (C=O) groups excluding carboxylic acids is 1. The van der Waals surface area contributed by atoms with Gasteiger partial charge in [-0.3, -0.25) is 4.79 Å². The lowest BCUT2D eigenvalue weighted by molar-refractivity contribution is -0.379. The molecule has 3 aliphatic rings. The summed E-state index contributed by atoms with van der Waals surface area (Å²) in [5.41, 5.74) is 0. The van der Waals surface area contributed by atoms with E-state index in [0.717, 1.165) is 64.2 Å². The Bertz CT molecular complexity index is 1690. The van der Waals surface area contributed by atoms with Gasteiger partial charge in [-0.05, 0) is 44.9 Å². The molecule has 3 aliphatic heterocycles. The molecule has 3 heterocycles. The zero-order valence-corrected chi connectivity index (χ0v) is 54.7. The monoisotopic (exact) mass is 1260 g/mol. The molecule has 0 aliphatic carbocycles. The first-order chi connectivity index (χ1) is 42.8. The van der Waals surface area contributed by atoms with Gasteiger partial charge in [0.25, 0.3) is 0 Å². The summed E-state index contributed by atoms with van der Waals surface area (Å²) < 4.78 is 34.3. The van der Waals surface area contributed by atoms with Gasteiger partial charge < -0.3 is 89.9 Å². The minimum absolute atomic E-state index is 0.235. The summed E-state index contributed by atoms with van der Waals surface area (Å²) in [7, 11) is 0. The molecule has 0 aromatic heterocycles. The number of amides is 1. The molecule has 0 aromatic rings. The van der Waals surface area contributed by atoms with E-state index in [1.54, 1.807) is 6.08 Å². The Morgan fingerprint density at radius 3 is 1.10 bits per heavy atom. The summed E-state index contributed by atoms with van der Waals surface area (Å²) in [5.74, 6) is -0.282. The summed E-state index contributed by atoms with van der Waals surface area (Å²) in [4.78, 5) is 13.4. The van der Waals surface area contributed by atoms with E-state index < -0.39 is 124 Å². The molecule has 0 bridgehead atoms. The molecule has 19 nitrogen and oxygen atoms in total. The van der Waals surface area contributed by atoms with Crippen molar-refractivity contribution in [1.82, 2.24) is 5.32 Å². The van der Waals surface area contributed by atoms with Crippen molar-refractivity contribution in [3.05, 3.63) is 24.3 Å². The Labute approximate surface area is 530 Å². The predicted molar refractivity (Wildman–Crippen MR) is 342 cm³/mol. The maximum atomic E-state index is 13.4. The summed E-state index contributed by atoms with van der Waals surface area (Å²) in [5, 5.41) is 120. The first-order valence-electron chi connectivity index (χ1n) is 35.6. The average Bonchev–Trinajstić information content (AvgIpc) is 2.85. The number of hydrogen-bond donors (Lipinski definition) is 12. The number of unbranched alkanes of at least 4 members (excludes halogenated alkanes) is 37. The van der Waals surface area contributed by atoms with E-state index in [9.17, 15) is 61.0 Å². The molecule has 19 heteroatoms. The highest BCUT2D eigenvalue weighted by atomic mass is 16.8. The average molecular weight is 1260 g/mol. The maximum absolute atomic E-state index is 13.4. The van der Waals surface area contributed by atoms with Crippen LogP contribution in [0.15, 0.2) is 24.3 Å². The highest BCUT2D eigenvalue weighted by Gasteiger charge is 2.53. The standard InChI is InChI=1S/C69H129NO18/c1-3-5-7-9-11-13-15-17-19-20-21-22-23-24-25-26-27-28-29-30-31-32-33-34-36-38-40-42-44-46-53(74)52(70-57(75)47-45-43-41-39-37-35-18-16-14-12-10-8-6-4-2)51-83-67-63(81)60(78)65(55(49-72)85-67)88-69-64(82)61(79)66(56(50-73)86-69)87-68-62(80)59(77)58(76)54(48-71)84-68/h16,18,44,46,52-56,58-69,71-74,76-82H,3-15,17,19-43,45,47-51H2,1-2H3,(H,70,75)/b18-16-,46-44+. The molecule has 0 radical (unpaired) electrons. The van der Waals surface area contributed by atoms with Crippen LogP contribution < -0.4 is 5.32 Å². The van der Waals surface area contributed by atoms with Crippen molar-refractivity contribution < 1.29 is 89.4 Å². The van der Waals surface area contributed by atoms with E-state index in [4.69, 9.17) is 28.4 Å². The second kappa shape index (κ2) is 51.7. The molecular weight excluding hydrogens is 1130 g/mol. The minimum atomic E-state index is -1.98. The molecule has 12 N–H and O–H groups in total. The fraction of sp³-hybridized carbons (Fsp3) is 0.928. The number of ether oxygens (including phenoxy) is 6. The summed E-state index contributed by atoms with van der Waals surface area (Å²) in [6, 6.07) is -0.976.